The Balaban J connectivity index is 2.42. The molecule has 0 N–H and O–H groups in total. The molecule has 19 heavy (non-hydrogen) atoms. The molecule has 1 saturated heterocycles. The Morgan fingerprint density at radius 3 is 2.37 bits per heavy atom. The van der Waals surface area contributed by atoms with Crippen molar-refractivity contribution in [3.8, 4) is 0 Å². The van der Waals surface area contributed by atoms with Gasteiger partial charge in [-0.2, -0.15) is 0 Å². The third kappa shape index (κ3) is 2.68. The van der Waals surface area contributed by atoms with Crippen molar-refractivity contribution in [2.75, 3.05) is 0 Å². The Morgan fingerprint density at radius 1 is 1.26 bits per heavy atom. The van der Waals surface area contributed by atoms with Gasteiger partial charge in [-0.25, -0.2) is 0 Å². The van der Waals surface area contributed by atoms with Gasteiger partial charge < -0.3 is 4.74 Å². The van der Waals surface area contributed by atoms with E-state index < -0.39 is 0 Å². The molecule has 0 aliphatic carbocycles. The fourth-order valence-electron chi connectivity index (χ4n) is 3.40. The highest BCUT2D eigenvalue weighted by atomic mass is 16.6. The molecule has 2 nitrogen and oxygen atoms in total. The van der Waals surface area contributed by atoms with Crippen molar-refractivity contribution in [2.24, 2.45) is 11.8 Å². The van der Waals surface area contributed by atoms with Crippen LogP contribution in [0.3, 0.4) is 0 Å². The molecule has 2 atom stereocenters. The van der Waals surface area contributed by atoms with Crippen LogP contribution in [0, 0.1) is 18.8 Å². The zero-order valence-corrected chi connectivity index (χ0v) is 12.6. The molecule has 1 aliphatic heterocycles. The predicted octanol–water partition coefficient (Wildman–Crippen LogP) is 4.08. The molecular weight excluding hydrogens is 236 g/mol. The van der Waals surface area contributed by atoms with Crippen LogP contribution in [0.1, 0.15) is 51.2 Å². The van der Waals surface area contributed by atoms with E-state index >= 15 is 0 Å². The molecule has 0 spiro atoms. The minimum Gasteiger partial charge on any atom is -0.459 e. The Morgan fingerprint density at radius 2 is 1.89 bits per heavy atom. The van der Waals surface area contributed by atoms with Crippen LogP contribution in [0.5, 0.6) is 0 Å². The van der Waals surface area contributed by atoms with Crippen molar-refractivity contribution in [3.05, 3.63) is 35.4 Å². The van der Waals surface area contributed by atoms with Gasteiger partial charge in [-0.3, -0.25) is 4.79 Å². The third-order valence-electron chi connectivity index (χ3n) is 4.36. The van der Waals surface area contributed by atoms with Crippen LogP contribution in [0.4, 0.5) is 0 Å². The van der Waals surface area contributed by atoms with Crippen LogP contribution in [-0.4, -0.2) is 11.6 Å². The fraction of sp³-hybridized carbons (Fsp3) is 0.588. The minimum atomic E-state index is -0.367. The van der Waals surface area contributed by atoms with Gasteiger partial charge in [0.2, 0.25) is 0 Å². The van der Waals surface area contributed by atoms with Crippen molar-refractivity contribution in [3.63, 3.8) is 0 Å². The zero-order chi connectivity index (χ0) is 14.2. The van der Waals surface area contributed by atoms with Crippen molar-refractivity contribution in [1.82, 2.24) is 0 Å². The average molecular weight is 260 g/mol. The summed E-state index contributed by atoms with van der Waals surface area (Å²) in [5.74, 6) is 1.04. The molecule has 0 aromatic heterocycles. The van der Waals surface area contributed by atoms with Crippen molar-refractivity contribution in [1.29, 1.82) is 0 Å². The first-order valence-corrected chi connectivity index (χ1v) is 7.10. The van der Waals surface area contributed by atoms with E-state index in [9.17, 15) is 4.79 Å². The number of cyclic esters (lactones) is 1. The van der Waals surface area contributed by atoms with Crippen molar-refractivity contribution < 1.29 is 9.53 Å². The molecule has 1 aliphatic rings. The van der Waals surface area contributed by atoms with E-state index in [1.807, 2.05) is 13.8 Å². The summed E-state index contributed by atoms with van der Waals surface area (Å²) in [6, 6.07) is 8.49. The van der Waals surface area contributed by atoms with Crippen molar-refractivity contribution >= 4 is 5.97 Å². The molecule has 1 fully saturated rings. The number of hydrogen-bond donors (Lipinski definition) is 0. The highest BCUT2D eigenvalue weighted by Gasteiger charge is 2.47. The molecule has 0 amide bonds. The van der Waals surface area contributed by atoms with Crippen LogP contribution >= 0.6 is 0 Å². The summed E-state index contributed by atoms with van der Waals surface area (Å²) in [6.07, 6.45) is 0.532. The second kappa shape index (κ2) is 4.99. The molecule has 1 unspecified atom stereocenters. The molecule has 104 valence electrons. The summed E-state index contributed by atoms with van der Waals surface area (Å²) in [4.78, 5) is 11.7. The lowest BCUT2D eigenvalue weighted by Gasteiger charge is -2.35. The van der Waals surface area contributed by atoms with Gasteiger partial charge in [-0.05, 0) is 43.7 Å². The fourth-order valence-corrected chi connectivity index (χ4v) is 3.40. The highest BCUT2D eigenvalue weighted by molar-refractivity contribution is 5.73. The standard InChI is InChI=1S/C17H24O2/c1-11(2)16(13-9-7-6-8-12(13)3)14-10-15(18)19-17(14,4)5/h6-9,11,14,16H,10H2,1-5H3/t14-,16?/m0/s1. The molecule has 1 heterocycles. The van der Waals surface area contributed by atoms with Crippen LogP contribution in [-0.2, 0) is 9.53 Å². The van der Waals surface area contributed by atoms with Crippen LogP contribution in [0.2, 0.25) is 0 Å². The highest BCUT2D eigenvalue weighted by Crippen LogP contribution is 2.46. The van der Waals surface area contributed by atoms with Gasteiger partial charge in [-0.1, -0.05) is 38.1 Å². The van der Waals surface area contributed by atoms with E-state index in [0.29, 0.717) is 18.3 Å². The van der Waals surface area contributed by atoms with Crippen LogP contribution < -0.4 is 0 Å². The van der Waals surface area contributed by atoms with Crippen molar-refractivity contribution in [2.45, 2.75) is 52.6 Å². The predicted molar refractivity (Wildman–Crippen MR) is 77.0 cm³/mol. The second-order valence-corrected chi connectivity index (χ2v) is 6.51. The molecule has 0 radical (unpaired) electrons. The number of benzene rings is 1. The summed E-state index contributed by atoms with van der Waals surface area (Å²) >= 11 is 0. The molecule has 1 aromatic carbocycles. The summed E-state index contributed by atoms with van der Waals surface area (Å²) in [5, 5.41) is 0. The van der Waals surface area contributed by atoms with Gasteiger partial charge >= 0.3 is 5.97 Å². The number of carbonyl (C=O) groups is 1. The maximum Gasteiger partial charge on any atom is 0.306 e. The van der Waals surface area contributed by atoms with Crippen LogP contribution in [0.25, 0.3) is 0 Å². The van der Waals surface area contributed by atoms with Gasteiger partial charge in [0.25, 0.3) is 0 Å². The van der Waals surface area contributed by atoms with Crippen LogP contribution in [0.15, 0.2) is 24.3 Å². The van der Waals surface area contributed by atoms with Gasteiger partial charge in [0.1, 0.15) is 5.60 Å². The topological polar surface area (TPSA) is 26.3 Å². The van der Waals surface area contributed by atoms with Gasteiger partial charge in [0, 0.05) is 5.92 Å². The normalized spacial score (nSPS) is 23.5. The van der Waals surface area contributed by atoms with Gasteiger partial charge in [0.05, 0.1) is 6.42 Å². The summed E-state index contributed by atoms with van der Waals surface area (Å²) in [7, 11) is 0. The molecule has 0 saturated carbocycles. The second-order valence-electron chi connectivity index (χ2n) is 6.51. The smallest absolute Gasteiger partial charge is 0.306 e. The number of aryl methyl sites for hydroxylation is 1. The lowest BCUT2D eigenvalue weighted by Crippen LogP contribution is -2.34. The molecule has 2 rings (SSSR count). The number of ether oxygens (including phenoxy) is 1. The maximum absolute atomic E-state index is 11.7. The minimum absolute atomic E-state index is 0.0609. The molecular formula is C17H24O2. The number of carbonyl (C=O) groups excluding carboxylic acids is 1. The van der Waals surface area contributed by atoms with E-state index in [2.05, 4.69) is 45.0 Å². The van der Waals surface area contributed by atoms with E-state index in [1.54, 1.807) is 0 Å². The first-order valence-electron chi connectivity index (χ1n) is 7.10. The van der Waals surface area contributed by atoms with Gasteiger partial charge in [-0.15, -0.1) is 0 Å². The van der Waals surface area contributed by atoms with E-state index in [1.165, 1.54) is 11.1 Å². The zero-order valence-electron chi connectivity index (χ0n) is 12.6. The van der Waals surface area contributed by atoms with E-state index in [-0.39, 0.29) is 17.5 Å². The summed E-state index contributed by atoms with van der Waals surface area (Å²) < 4.78 is 5.51. The lowest BCUT2D eigenvalue weighted by atomic mass is 9.70. The third-order valence-corrected chi connectivity index (χ3v) is 4.36. The largest absolute Gasteiger partial charge is 0.459 e. The SMILES string of the molecule is Cc1ccccc1C(C(C)C)[C@@H]1CC(=O)OC1(C)C. The Bertz CT molecular complexity index is 474. The lowest BCUT2D eigenvalue weighted by molar-refractivity contribution is -0.146. The first kappa shape index (κ1) is 14.1. The van der Waals surface area contributed by atoms with Gasteiger partial charge in [0.15, 0.2) is 0 Å². The quantitative estimate of drug-likeness (QED) is 0.766. The molecule has 0 bridgehead atoms. The number of esters is 1. The summed E-state index contributed by atoms with van der Waals surface area (Å²) in [6.45, 7) is 10.7. The molecule has 1 aromatic rings. The molecule has 2 heteroatoms. The average Bonchev–Trinajstić information content (AvgIpc) is 2.55. The Labute approximate surface area is 116 Å². The number of hydrogen-bond acceptors (Lipinski definition) is 2. The summed E-state index contributed by atoms with van der Waals surface area (Å²) in [5.41, 5.74) is 2.29. The Kier molecular flexibility index (Phi) is 3.71. The first-order chi connectivity index (χ1) is 8.83. The van der Waals surface area contributed by atoms with E-state index in [0.717, 1.165) is 0 Å². The number of rotatable bonds is 3. The monoisotopic (exact) mass is 260 g/mol. The maximum atomic E-state index is 11.7. The Hall–Kier alpha value is -1.31. The van der Waals surface area contributed by atoms with E-state index in [4.69, 9.17) is 4.74 Å².